The van der Waals surface area contributed by atoms with E-state index in [-0.39, 0.29) is 6.03 Å². The number of benzene rings is 1. The Morgan fingerprint density at radius 2 is 1.94 bits per heavy atom. The molecule has 3 heterocycles. The minimum atomic E-state index is -0.00212. The summed E-state index contributed by atoms with van der Waals surface area (Å²) in [6.45, 7) is 11.0. The molecule has 3 aliphatic heterocycles. The van der Waals surface area contributed by atoms with Gasteiger partial charge in [0.05, 0.1) is 19.8 Å². The minimum absolute atomic E-state index is 0.00212. The molecule has 0 aromatic heterocycles. The minimum Gasteiger partial charge on any atom is -0.379 e. The second-order valence-corrected chi connectivity index (χ2v) is 8.53. The van der Waals surface area contributed by atoms with Crippen LogP contribution in [0.5, 0.6) is 0 Å². The van der Waals surface area contributed by atoms with Crippen molar-refractivity contribution in [3.63, 3.8) is 0 Å². The Kier molecular flexibility index (Phi) is 7.64. The van der Waals surface area contributed by atoms with E-state index in [4.69, 9.17) is 9.73 Å². The van der Waals surface area contributed by atoms with Crippen LogP contribution < -0.4 is 10.6 Å². The number of morpholine rings is 1. The van der Waals surface area contributed by atoms with E-state index in [0.29, 0.717) is 12.6 Å². The first kappa shape index (κ1) is 21.9. The zero-order valence-electron chi connectivity index (χ0n) is 18.7. The number of nitrogens with zero attached hydrogens (tertiary/aromatic N) is 4. The van der Waals surface area contributed by atoms with Crippen molar-refractivity contribution in [2.75, 3.05) is 64.3 Å². The van der Waals surface area contributed by atoms with Gasteiger partial charge in [-0.25, -0.2) is 9.79 Å². The van der Waals surface area contributed by atoms with E-state index < -0.39 is 0 Å². The Hall–Kier alpha value is -2.32. The number of amides is 2. The van der Waals surface area contributed by atoms with Crippen molar-refractivity contribution in [2.45, 2.75) is 38.8 Å². The van der Waals surface area contributed by atoms with Gasteiger partial charge in [-0.1, -0.05) is 12.1 Å². The Labute approximate surface area is 185 Å². The van der Waals surface area contributed by atoms with Crippen molar-refractivity contribution >= 4 is 17.7 Å². The normalized spacial score (nSPS) is 22.7. The van der Waals surface area contributed by atoms with Crippen LogP contribution in [0.3, 0.4) is 0 Å². The fourth-order valence-electron chi connectivity index (χ4n) is 4.64. The van der Waals surface area contributed by atoms with Gasteiger partial charge in [-0.2, -0.15) is 0 Å². The van der Waals surface area contributed by atoms with E-state index in [2.05, 4.69) is 33.4 Å². The fourth-order valence-corrected chi connectivity index (χ4v) is 4.64. The molecule has 0 saturated carbocycles. The molecule has 3 saturated heterocycles. The topological polar surface area (TPSA) is 72.4 Å². The lowest BCUT2D eigenvalue weighted by atomic mass is 10.2. The second-order valence-electron chi connectivity index (χ2n) is 8.53. The smallest absolute Gasteiger partial charge is 0.321 e. The maximum Gasteiger partial charge on any atom is 0.321 e. The number of ether oxygens (including phenoxy) is 1. The number of anilines is 1. The summed E-state index contributed by atoms with van der Waals surface area (Å²) < 4.78 is 5.50. The number of urea groups is 1. The summed E-state index contributed by atoms with van der Waals surface area (Å²) in [4.78, 5) is 24.1. The molecule has 0 aliphatic carbocycles. The van der Waals surface area contributed by atoms with Crippen LogP contribution in [0, 0.1) is 0 Å². The summed E-state index contributed by atoms with van der Waals surface area (Å²) in [5, 5.41) is 6.49. The predicted octanol–water partition coefficient (Wildman–Crippen LogP) is 2.19. The molecule has 2 N–H and O–H groups in total. The second kappa shape index (κ2) is 10.8. The van der Waals surface area contributed by atoms with E-state index in [1.165, 1.54) is 6.42 Å². The third-order valence-electron chi connectivity index (χ3n) is 6.34. The molecule has 0 bridgehead atoms. The number of nitrogens with one attached hydrogen (secondary N) is 2. The molecular weight excluding hydrogens is 392 g/mol. The van der Waals surface area contributed by atoms with Crippen LogP contribution in [-0.2, 0) is 11.3 Å². The Morgan fingerprint density at radius 3 is 2.71 bits per heavy atom. The Morgan fingerprint density at radius 1 is 1.13 bits per heavy atom. The molecular formula is C23H36N6O2. The summed E-state index contributed by atoms with van der Waals surface area (Å²) in [6.07, 6.45) is 3.36. The molecule has 0 radical (unpaired) electrons. The van der Waals surface area contributed by atoms with Gasteiger partial charge in [-0.05, 0) is 43.9 Å². The lowest BCUT2D eigenvalue weighted by Gasteiger charge is -2.32. The lowest BCUT2D eigenvalue weighted by molar-refractivity contribution is 0.0195. The van der Waals surface area contributed by atoms with E-state index in [9.17, 15) is 4.79 Å². The highest BCUT2D eigenvalue weighted by Gasteiger charge is 2.30. The average molecular weight is 429 g/mol. The quantitative estimate of drug-likeness (QED) is 0.556. The van der Waals surface area contributed by atoms with Crippen molar-refractivity contribution in [1.29, 1.82) is 0 Å². The number of carbonyl (C=O) groups excluding carboxylic acids is 1. The highest BCUT2D eigenvalue weighted by atomic mass is 16.5. The van der Waals surface area contributed by atoms with Crippen LogP contribution in [0.4, 0.5) is 10.5 Å². The number of hydrogen-bond acceptors (Lipinski definition) is 4. The number of hydrogen-bond donors (Lipinski definition) is 2. The van der Waals surface area contributed by atoms with E-state index in [1.54, 1.807) is 0 Å². The third kappa shape index (κ3) is 5.89. The van der Waals surface area contributed by atoms with E-state index >= 15 is 0 Å². The Balaban J connectivity index is 1.35. The maximum atomic E-state index is 12.4. The molecule has 1 unspecified atom stereocenters. The molecule has 1 aromatic rings. The van der Waals surface area contributed by atoms with Crippen LogP contribution in [0.2, 0.25) is 0 Å². The molecule has 170 valence electrons. The first-order valence-electron chi connectivity index (χ1n) is 11.7. The van der Waals surface area contributed by atoms with Crippen LogP contribution >= 0.6 is 0 Å². The van der Waals surface area contributed by atoms with Crippen molar-refractivity contribution in [2.24, 2.45) is 4.99 Å². The van der Waals surface area contributed by atoms with Gasteiger partial charge in [0.1, 0.15) is 0 Å². The average Bonchev–Trinajstić information content (AvgIpc) is 3.50. The van der Waals surface area contributed by atoms with Gasteiger partial charge in [0.25, 0.3) is 0 Å². The third-order valence-corrected chi connectivity index (χ3v) is 6.34. The summed E-state index contributed by atoms with van der Waals surface area (Å²) in [7, 11) is 0. The van der Waals surface area contributed by atoms with Gasteiger partial charge < -0.3 is 25.2 Å². The molecule has 1 aromatic carbocycles. The predicted molar refractivity (Wildman–Crippen MR) is 123 cm³/mol. The first-order chi connectivity index (χ1) is 15.2. The summed E-state index contributed by atoms with van der Waals surface area (Å²) in [6, 6.07) is 8.61. The SMILES string of the molecule is CCNC(=NCc1cccc(NC(=O)N2CCCC2)c1)N1CCC(N2CCOCC2)C1. The molecule has 1 atom stereocenters. The lowest BCUT2D eigenvalue weighted by Crippen LogP contribution is -2.46. The van der Waals surface area contributed by atoms with Crippen molar-refractivity contribution in [1.82, 2.24) is 20.0 Å². The zero-order chi connectivity index (χ0) is 21.5. The highest BCUT2D eigenvalue weighted by Crippen LogP contribution is 2.18. The number of rotatable bonds is 5. The van der Waals surface area contributed by atoms with Crippen molar-refractivity contribution < 1.29 is 9.53 Å². The molecule has 3 aliphatic rings. The summed E-state index contributed by atoms with van der Waals surface area (Å²) in [5.41, 5.74) is 1.93. The van der Waals surface area contributed by atoms with Crippen LogP contribution in [-0.4, -0.2) is 91.8 Å². The molecule has 8 heteroatoms. The van der Waals surface area contributed by atoms with Gasteiger partial charge in [0.15, 0.2) is 5.96 Å². The van der Waals surface area contributed by atoms with E-state index in [1.807, 2.05) is 23.1 Å². The zero-order valence-corrected chi connectivity index (χ0v) is 18.7. The van der Waals surface area contributed by atoms with Gasteiger partial charge in [-0.3, -0.25) is 4.90 Å². The number of guanidine groups is 1. The molecule has 2 amide bonds. The van der Waals surface area contributed by atoms with Crippen molar-refractivity contribution in [3.05, 3.63) is 29.8 Å². The first-order valence-corrected chi connectivity index (χ1v) is 11.7. The summed E-state index contributed by atoms with van der Waals surface area (Å²) >= 11 is 0. The molecule has 0 spiro atoms. The van der Waals surface area contributed by atoms with Crippen LogP contribution in [0.15, 0.2) is 29.3 Å². The molecule has 8 nitrogen and oxygen atoms in total. The Bertz CT molecular complexity index is 758. The van der Waals surface area contributed by atoms with Gasteiger partial charge in [0.2, 0.25) is 0 Å². The number of likely N-dealkylation sites (tertiary alicyclic amines) is 2. The van der Waals surface area contributed by atoms with Gasteiger partial charge in [-0.15, -0.1) is 0 Å². The standard InChI is InChI=1S/C23H36N6O2/c1-2-24-22(29-11-8-21(18-29)27-12-14-31-15-13-27)25-17-19-6-5-7-20(16-19)26-23(30)28-9-3-4-10-28/h5-7,16,21H,2-4,8-15,17-18H2,1H3,(H,24,25)(H,26,30). The monoisotopic (exact) mass is 428 g/mol. The van der Waals surface area contributed by atoms with Gasteiger partial charge in [0, 0.05) is 57.5 Å². The van der Waals surface area contributed by atoms with Crippen molar-refractivity contribution in [3.8, 4) is 0 Å². The highest BCUT2D eigenvalue weighted by molar-refractivity contribution is 5.89. The number of carbonyl (C=O) groups is 1. The molecule has 31 heavy (non-hydrogen) atoms. The summed E-state index contributed by atoms with van der Waals surface area (Å²) in [5.74, 6) is 0.977. The largest absolute Gasteiger partial charge is 0.379 e. The maximum absolute atomic E-state index is 12.4. The van der Waals surface area contributed by atoms with Crippen LogP contribution in [0.1, 0.15) is 31.7 Å². The van der Waals surface area contributed by atoms with Gasteiger partial charge >= 0.3 is 6.03 Å². The number of aliphatic imine (C=N–C) groups is 1. The van der Waals surface area contributed by atoms with Crippen LogP contribution in [0.25, 0.3) is 0 Å². The molecule has 3 fully saturated rings. The van der Waals surface area contributed by atoms with E-state index in [0.717, 1.165) is 89.1 Å². The fraction of sp³-hybridized carbons (Fsp3) is 0.652. The molecule has 4 rings (SSSR count).